The number of aromatic nitrogens is 2. The maximum atomic E-state index is 8.36. The Bertz CT molecular complexity index is 668. The van der Waals surface area contributed by atoms with Gasteiger partial charge in [-0.25, -0.2) is 4.98 Å². The van der Waals surface area contributed by atoms with Gasteiger partial charge in [0.15, 0.2) is 0 Å². The summed E-state index contributed by atoms with van der Waals surface area (Å²) in [4.78, 5) is 12.5. The fourth-order valence-corrected chi connectivity index (χ4v) is 4.44. The van der Waals surface area contributed by atoms with E-state index in [-0.39, 0.29) is 0 Å². The number of unbranched alkanes of at least 4 members (excludes halogenated alkanes) is 4. The van der Waals surface area contributed by atoms with Crippen LogP contribution in [0.1, 0.15) is 49.8 Å². The molecule has 0 amide bonds. The van der Waals surface area contributed by atoms with E-state index in [1.54, 1.807) is 0 Å². The van der Waals surface area contributed by atoms with Crippen LogP contribution in [0.4, 0.5) is 0 Å². The zero-order valence-electron chi connectivity index (χ0n) is 15.3. The summed E-state index contributed by atoms with van der Waals surface area (Å²) in [7, 11) is 0. The van der Waals surface area contributed by atoms with Crippen molar-refractivity contribution >= 4 is 35.0 Å². The molecule has 2 rings (SSSR count). The lowest BCUT2D eigenvalue weighted by molar-refractivity contribution is -0.742. The molecule has 9 heteroatoms. The number of thioether (sulfide) groups is 1. The standard InChI is InChI=1S/C18H24Cl2N2S.HNO3/c1-2-3-4-5-6-11-23-18(13-22-10-9-21-14-22)16-8-7-15(19)12-17(16)20;2-1(3)4/h7-10,12,14,18H,2-6,11,13H2,1H3;(H,2,3,4). The van der Waals surface area contributed by atoms with E-state index in [1.165, 1.54) is 32.1 Å². The summed E-state index contributed by atoms with van der Waals surface area (Å²) in [6.45, 7) is 3.12. The molecule has 6 nitrogen and oxygen atoms in total. The molecule has 0 radical (unpaired) electrons. The monoisotopic (exact) mass is 433 g/mol. The summed E-state index contributed by atoms with van der Waals surface area (Å²) >= 11 is 14.4. The van der Waals surface area contributed by atoms with Crippen LogP contribution in [0.25, 0.3) is 0 Å². The molecule has 27 heavy (non-hydrogen) atoms. The van der Waals surface area contributed by atoms with E-state index in [4.69, 9.17) is 38.5 Å². The highest BCUT2D eigenvalue weighted by Crippen LogP contribution is 2.36. The normalized spacial score (nSPS) is 11.5. The van der Waals surface area contributed by atoms with Crippen LogP contribution >= 0.6 is 35.0 Å². The molecule has 1 atom stereocenters. The molecule has 1 N–H and O–H groups in total. The molecular formula is C18H25Cl2N3O3S. The van der Waals surface area contributed by atoms with Gasteiger partial charge in [0.1, 0.15) is 0 Å². The molecule has 0 aliphatic carbocycles. The first kappa shape index (κ1) is 23.6. The van der Waals surface area contributed by atoms with Gasteiger partial charge < -0.3 is 9.77 Å². The lowest BCUT2D eigenvalue weighted by Crippen LogP contribution is -2.06. The summed E-state index contributed by atoms with van der Waals surface area (Å²) in [5.74, 6) is 1.15. The molecule has 1 aromatic carbocycles. The maximum Gasteiger partial charge on any atom is 0.291 e. The fraction of sp³-hybridized carbons (Fsp3) is 0.500. The van der Waals surface area contributed by atoms with Crippen LogP contribution < -0.4 is 0 Å². The molecule has 0 saturated heterocycles. The predicted molar refractivity (Wildman–Crippen MR) is 111 cm³/mol. The minimum atomic E-state index is -1.50. The first-order chi connectivity index (χ1) is 12.9. The first-order valence-electron chi connectivity index (χ1n) is 8.79. The van der Waals surface area contributed by atoms with Crippen LogP contribution in [0.3, 0.4) is 0 Å². The summed E-state index contributed by atoms with van der Waals surface area (Å²) in [5.41, 5.74) is 1.16. The van der Waals surface area contributed by atoms with Crippen LogP contribution in [0, 0.1) is 10.1 Å². The highest BCUT2D eigenvalue weighted by molar-refractivity contribution is 7.99. The Labute approximate surface area is 174 Å². The molecule has 1 unspecified atom stereocenters. The van der Waals surface area contributed by atoms with Crippen molar-refractivity contribution in [3.63, 3.8) is 0 Å². The van der Waals surface area contributed by atoms with Crippen molar-refractivity contribution in [1.82, 2.24) is 9.55 Å². The Kier molecular flexibility index (Phi) is 12.0. The van der Waals surface area contributed by atoms with Crippen molar-refractivity contribution in [3.05, 3.63) is 62.6 Å². The lowest BCUT2D eigenvalue weighted by Gasteiger charge is -2.19. The molecule has 0 saturated carbocycles. The van der Waals surface area contributed by atoms with E-state index in [0.29, 0.717) is 10.3 Å². The molecule has 0 fully saturated rings. The van der Waals surface area contributed by atoms with Crippen molar-refractivity contribution in [2.45, 2.75) is 50.8 Å². The SMILES string of the molecule is CCCCCCCSC(Cn1ccnc1)c1ccc(Cl)cc1Cl.O=[N+]([O-])O. The van der Waals surface area contributed by atoms with Crippen LogP contribution in [-0.4, -0.2) is 25.6 Å². The van der Waals surface area contributed by atoms with Crippen LogP contribution in [0.5, 0.6) is 0 Å². The quantitative estimate of drug-likeness (QED) is 0.270. The van der Waals surface area contributed by atoms with Gasteiger partial charge in [0, 0.05) is 34.2 Å². The fourth-order valence-electron chi connectivity index (χ4n) is 2.52. The van der Waals surface area contributed by atoms with Gasteiger partial charge in [0.25, 0.3) is 5.09 Å². The van der Waals surface area contributed by atoms with Crippen molar-refractivity contribution < 1.29 is 10.3 Å². The largest absolute Gasteiger partial charge is 0.336 e. The third-order valence-electron chi connectivity index (χ3n) is 3.81. The van der Waals surface area contributed by atoms with Crippen LogP contribution in [0.2, 0.25) is 10.0 Å². The zero-order valence-corrected chi connectivity index (χ0v) is 17.6. The molecule has 1 aromatic heterocycles. The Morgan fingerprint density at radius 1 is 1.30 bits per heavy atom. The van der Waals surface area contributed by atoms with E-state index in [2.05, 4.69) is 22.5 Å². The molecule has 0 aliphatic rings. The topological polar surface area (TPSA) is 81.2 Å². The third kappa shape index (κ3) is 10.5. The van der Waals surface area contributed by atoms with Crippen LogP contribution in [0.15, 0.2) is 36.9 Å². The number of imidazole rings is 1. The smallest absolute Gasteiger partial charge is 0.291 e. The van der Waals surface area contributed by atoms with Crippen molar-refractivity contribution in [2.75, 3.05) is 5.75 Å². The summed E-state index contributed by atoms with van der Waals surface area (Å²) < 4.78 is 2.11. The summed E-state index contributed by atoms with van der Waals surface area (Å²) in [5, 5.41) is 15.4. The van der Waals surface area contributed by atoms with Gasteiger partial charge in [-0.15, -0.1) is 10.1 Å². The van der Waals surface area contributed by atoms with Gasteiger partial charge >= 0.3 is 0 Å². The number of hydrogen-bond acceptors (Lipinski definition) is 4. The van der Waals surface area contributed by atoms with E-state index in [0.717, 1.165) is 22.9 Å². The average molecular weight is 434 g/mol. The highest BCUT2D eigenvalue weighted by Gasteiger charge is 2.16. The molecule has 1 heterocycles. The first-order valence-corrected chi connectivity index (χ1v) is 10.6. The molecule has 0 spiro atoms. The van der Waals surface area contributed by atoms with Gasteiger partial charge in [0.2, 0.25) is 0 Å². The van der Waals surface area contributed by atoms with E-state index >= 15 is 0 Å². The Balaban J connectivity index is 0.000000828. The number of halogens is 2. The van der Waals surface area contributed by atoms with Crippen molar-refractivity contribution in [1.29, 1.82) is 0 Å². The molecule has 0 bridgehead atoms. The molecule has 2 aromatic rings. The number of benzene rings is 1. The van der Waals surface area contributed by atoms with E-state index in [1.807, 2.05) is 42.6 Å². The third-order valence-corrected chi connectivity index (χ3v) is 5.70. The van der Waals surface area contributed by atoms with Gasteiger partial charge in [-0.3, -0.25) is 0 Å². The highest BCUT2D eigenvalue weighted by atomic mass is 35.5. The summed E-state index contributed by atoms with van der Waals surface area (Å²) in [6.07, 6.45) is 12.2. The average Bonchev–Trinajstić information content (AvgIpc) is 3.10. The van der Waals surface area contributed by atoms with Gasteiger partial charge in [-0.1, -0.05) is 61.9 Å². The number of hydrogen-bond donors (Lipinski definition) is 1. The second-order valence-corrected chi connectivity index (χ2v) is 8.09. The Morgan fingerprint density at radius 3 is 2.59 bits per heavy atom. The van der Waals surface area contributed by atoms with Crippen LogP contribution in [-0.2, 0) is 6.54 Å². The zero-order chi connectivity index (χ0) is 20.1. The minimum absolute atomic E-state index is 0.320. The second kappa shape index (κ2) is 13.7. The Hall–Kier alpha value is -1.44. The predicted octanol–water partition coefficient (Wildman–Crippen LogP) is 6.29. The maximum absolute atomic E-state index is 8.36. The second-order valence-electron chi connectivity index (χ2n) is 5.94. The molecule has 150 valence electrons. The number of rotatable bonds is 10. The van der Waals surface area contributed by atoms with Crippen molar-refractivity contribution in [3.8, 4) is 0 Å². The summed E-state index contributed by atoms with van der Waals surface area (Å²) in [6, 6.07) is 5.81. The van der Waals surface area contributed by atoms with Gasteiger partial charge in [-0.05, 0) is 29.9 Å². The number of nitrogens with zero attached hydrogens (tertiary/aromatic N) is 3. The lowest BCUT2D eigenvalue weighted by atomic mass is 10.1. The van der Waals surface area contributed by atoms with Crippen molar-refractivity contribution in [2.24, 2.45) is 0 Å². The van der Waals surface area contributed by atoms with Gasteiger partial charge in [0.05, 0.1) is 6.33 Å². The van der Waals surface area contributed by atoms with Gasteiger partial charge in [-0.2, -0.15) is 11.8 Å². The van der Waals surface area contributed by atoms with E-state index < -0.39 is 5.09 Å². The Morgan fingerprint density at radius 2 is 2.00 bits per heavy atom. The minimum Gasteiger partial charge on any atom is -0.336 e. The molecule has 0 aliphatic heterocycles. The van der Waals surface area contributed by atoms with E-state index in [9.17, 15) is 0 Å². The molecular weight excluding hydrogens is 409 g/mol.